The highest BCUT2D eigenvalue weighted by molar-refractivity contribution is 7.80. The molecule has 3 aromatic rings. The SMILES string of the molecule is COc1ccc(N2C(=O)C(=Cc3cccn3-c3ccccc3)C(=O)NC2=S)cc1. The number of nitrogens with zero attached hydrogens (tertiary/aromatic N) is 2. The third-order valence-electron chi connectivity index (χ3n) is 4.54. The first-order valence-corrected chi connectivity index (χ1v) is 9.27. The zero-order valence-electron chi connectivity index (χ0n) is 15.5. The average Bonchev–Trinajstić information content (AvgIpc) is 3.20. The molecule has 1 aliphatic heterocycles. The number of nitrogens with one attached hydrogen (secondary N) is 1. The Morgan fingerprint density at radius 3 is 2.34 bits per heavy atom. The fraction of sp³-hybridized carbons (Fsp3) is 0.0455. The Morgan fingerprint density at radius 2 is 1.66 bits per heavy atom. The van der Waals surface area contributed by atoms with Gasteiger partial charge in [0.15, 0.2) is 5.11 Å². The highest BCUT2D eigenvalue weighted by Crippen LogP contribution is 2.25. The number of hydrogen-bond donors (Lipinski definition) is 1. The Kier molecular flexibility index (Phi) is 4.97. The minimum Gasteiger partial charge on any atom is -0.497 e. The van der Waals surface area contributed by atoms with Gasteiger partial charge < -0.3 is 9.30 Å². The number of anilines is 1. The largest absolute Gasteiger partial charge is 0.497 e. The quantitative estimate of drug-likeness (QED) is 0.412. The first kappa shape index (κ1) is 18.6. The summed E-state index contributed by atoms with van der Waals surface area (Å²) >= 11 is 5.24. The number of carbonyl (C=O) groups excluding carboxylic acids is 2. The van der Waals surface area contributed by atoms with E-state index in [0.29, 0.717) is 17.1 Å². The average molecular weight is 403 g/mol. The maximum absolute atomic E-state index is 13.1. The van der Waals surface area contributed by atoms with Gasteiger partial charge in [-0.3, -0.25) is 19.8 Å². The highest BCUT2D eigenvalue weighted by atomic mass is 32.1. The van der Waals surface area contributed by atoms with Gasteiger partial charge >= 0.3 is 0 Å². The molecule has 1 aliphatic rings. The summed E-state index contributed by atoms with van der Waals surface area (Å²) in [5.74, 6) is -0.347. The monoisotopic (exact) mass is 403 g/mol. The number of methoxy groups -OCH3 is 1. The van der Waals surface area contributed by atoms with Crippen LogP contribution in [0, 0.1) is 0 Å². The predicted molar refractivity (Wildman–Crippen MR) is 115 cm³/mol. The highest BCUT2D eigenvalue weighted by Gasteiger charge is 2.34. The number of thiocarbonyl (C=S) groups is 1. The molecule has 6 nitrogen and oxygen atoms in total. The van der Waals surface area contributed by atoms with E-state index in [0.717, 1.165) is 5.69 Å². The first-order valence-electron chi connectivity index (χ1n) is 8.87. The lowest BCUT2D eigenvalue weighted by molar-refractivity contribution is -0.122. The predicted octanol–water partition coefficient (Wildman–Crippen LogP) is 3.32. The smallest absolute Gasteiger partial charge is 0.270 e. The number of para-hydroxylation sites is 1. The third-order valence-corrected chi connectivity index (χ3v) is 4.82. The van der Waals surface area contributed by atoms with Gasteiger partial charge in [-0.1, -0.05) is 18.2 Å². The van der Waals surface area contributed by atoms with E-state index in [-0.39, 0.29) is 10.7 Å². The van der Waals surface area contributed by atoms with Gasteiger partial charge in [0.05, 0.1) is 12.8 Å². The molecule has 0 unspecified atom stereocenters. The minimum atomic E-state index is -0.523. The molecule has 2 heterocycles. The molecule has 1 fully saturated rings. The number of rotatable bonds is 4. The van der Waals surface area contributed by atoms with E-state index >= 15 is 0 Å². The van der Waals surface area contributed by atoms with E-state index in [4.69, 9.17) is 17.0 Å². The van der Waals surface area contributed by atoms with Crippen LogP contribution in [0.25, 0.3) is 11.8 Å². The fourth-order valence-electron chi connectivity index (χ4n) is 3.11. The molecule has 2 amide bonds. The van der Waals surface area contributed by atoms with Gasteiger partial charge in [-0.2, -0.15) is 0 Å². The topological polar surface area (TPSA) is 63.6 Å². The van der Waals surface area contributed by atoms with Crippen molar-refractivity contribution < 1.29 is 14.3 Å². The number of hydrogen-bond acceptors (Lipinski definition) is 4. The van der Waals surface area contributed by atoms with Crippen molar-refractivity contribution in [2.45, 2.75) is 0 Å². The summed E-state index contributed by atoms with van der Waals surface area (Å²) in [6.45, 7) is 0. The standard InChI is InChI=1S/C22H17N3O3S/c1-28-18-11-9-16(10-12-18)25-21(27)19(20(26)23-22(25)29)14-17-8-5-13-24(17)15-6-3-2-4-7-15/h2-14H,1H3,(H,23,26,29). The number of aromatic nitrogens is 1. The van der Waals surface area contributed by atoms with E-state index in [9.17, 15) is 9.59 Å². The van der Waals surface area contributed by atoms with Crippen LogP contribution in [0.15, 0.2) is 78.5 Å². The van der Waals surface area contributed by atoms with Gasteiger partial charge in [0.2, 0.25) is 0 Å². The molecule has 29 heavy (non-hydrogen) atoms. The summed E-state index contributed by atoms with van der Waals surface area (Å²) in [7, 11) is 1.56. The van der Waals surface area contributed by atoms with Gasteiger partial charge in [0.25, 0.3) is 11.8 Å². The van der Waals surface area contributed by atoms with Gasteiger partial charge in [0.1, 0.15) is 11.3 Å². The summed E-state index contributed by atoms with van der Waals surface area (Å²) < 4.78 is 7.05. The number of benzene rings is 2. The molecular formula is C22H17N3O3S. The Morgan fingerprint density at radius 1 is 0.931 bits per heavy atom. The number of ether oxygens (including phenoxy) is 1. The normalized spacial score (nSPS) is 15.6. The molecule has 2 aromatic carbocycles. The van der Waals surface area contributed by atoms with Crippen molar-refractivity contribution in [1.29, 1.82) is 0 Å². The maximum atomic E-state index is 13.1. The van der Waals surface area contributed by atoms with Gasteiger partial charge in [-0.15, -0.1) is 0 Å². The summed E-state index contributed by atoms with van der Waals surface area (Å²) in [6, 6.07) is 20.3. The second-order valence-electron chi connectivity index (χ2n) is 6.29. The second kappa shape index (κ2) is 7.73. The maximum Gasteiger partial charge on any atom is 0.270 e. The van der Waals surface area contributed by atoms with E-state index < -0.39 is 11.8 Å². The molecule has 0 spiro atoms. The molecule has 0 radical (unpaired) electrons. The minimum absolute atomic E-state index is 0.00491. The van der Waals surface area contributed by atoms with Crippen LogP contribution < -0.4 is 15.0 Å². The summed E-state index contributed by atoms with van der Waals surface area (Å²) in [4.78, 5) is 27.0. The molecule has 7 heteroatoms. The lowest BCUT2D eigenvalue weighted by atomic mass is 10.1. The van der Waals surface area contributed by atoms with Crippen molar-refractivity contribution in [2.24, 2.45) is 0 Å². The van der Waals surface area contributed by atoms with Crippen LogP contribution in [0.1, 0.15) is 5.69 Å². The molecule has 0 aliphatic carbocycles. The zero-order valence-corrected chi connectivity index (χ0v) is 16.3. The van der Waals surface area contributed by atoms with Crippen molar-refractivity contribution in [3.05, 3.63) is 84.2 Å². The Labute approximate surface area is 173 Å². The van der Waals surface area contributed by atoms with E-state index in [2.05, 4.69) is 5.32 Å². The molecule has 1 aromatic heterocycles. The first-order chi connectivity index (χ1) is 14.1. The molecule has 0 bridgehead atoms. The van der Waals surface area contributed by atoms with Crippen LogP contribution in [-0.2, 0) is 9.59 Å². The molecular weight excluding hydrogens is 386 g/mol. The molecule has 4 rings (SSSR count). The molecule has 1 saturated heterocycles. The Balaban J connectivity index is 1.72. The van der Waals surface area contributed by atoms with E-state index in [1.54, 1.807) is 37.5 Å². The third kappa shape index (κ3) is 3.55. The van der Waals surface area contributed by atoms with Crippen molar-refractivity contribution >= 4 is 40.9 Å². The summed E-state index contributed by atoms with van der Waals surface area (Å²) in [5.41, 5.74) is 2.18. The lowest BCUT2D eigenvalue weighted by Gasteiger charge is -2.29. The summed E-state index contributed by atoms with van der Waals surface area (Å²) in [5, 5.41) is 2.64. The fourth-order valence-corrected chi connectivity index (χ4v) is 3.39. The van der Waals surface area contributed by atoms with Crippen LogP contribution >= 0.6 is 12.2 Å². The van der Waals surface area contributed by atoms with Crippen LogP contribution in [0.3, 0.4) is 0 Å². The van der Waals surface area contributed by atoms with Gasteiger partial charge in [-0.05, 0) is 66.8 Å². The van der Waals surface area contributed by atoms with Crippen molar-refractivity contribution in [1.82, 2.24) is 9.88 Å². The van der Waals surface area contributed by atoms with Crippen LogP contribution in [-0.4, -0.2) is 28.6 Å². The molecule has 1 N–H and O–H groups in total. The number of amides is 2. The Bertz CT molecular complexity index is 1120. The summed E-state index contributed by atoms with van der Waals surface area (Å²) in [6.07, 6.45) is 3.45. The Hall–Kier alpha value is -3.71. The molecule has 0 atom stereocenters. The van der Waals surface area contributed by atoms with Crippen molar-refractivity contribution in [3.8, 4) is 11.4 Å². The van der Waals surface area contributed by atoms with Crippen LogP contribution in [0.2, 0.25) is 0 Å². The van der Waals surface area contributed by atoms with E-state index in [1.165, 1.54) is 4.90 Å². The molecule has 144 valence electrons. The van der Waals surface area contributed by atoms with Gasteiger partial charge in [-0.25, -0.2) is 0 Å². The van der Waals surface area contributed by atoms with Crippen LogP contribution in [0.5, 0.6) is 5.75 Å². The lowest BCUT2D eigenvalue weighted by Crippen LogP contribution is -2.54. The van der Waals surface area contributed by atoms with Crippen molar-refractivity contribution in [3.63, 3.8) is 0 Å². The van der Waals surface area contributed by atoms with Gasteiger partial charge in [0, 0.05) is 17.6 Å². The number of carbonyl (C=O) groups is 2. The van der Waals surface area contributed by atoms with Crippen molar-refractivity contribution in [2.75, 3.05) is 12.0 Å². The zero-order chi connectivity index (χ0) is 20.4. The van der Waals surface area contributed by atoms with Crippen LogP contribution in [0.4, 0.5) is 5.69 Å². The second-order valence-corrected chi connectivity index (χ2v) is 6.68. The molecule has 0 saturated carbocycles. The van der Waals surface area contributed by atoms with E-state index in [1.807, 2.05) is 53.2 Å².